The largest absolute Gasteiger partial charge is 0.504 e. The zero-order chi connectivity index (χ0) is 14.5. The Hall–Kier alpha value is -2.89. The molecule has 0 unspecified atom stereocenters. The molecule has 2 rings (SSSR count). The van der Waals surface area contributed by atoms with Gasteiger partial charge in [-0.05, 0) is 24.3 Å². The molecular formula is C14H12N2O4. The summed E-state index contributed by atoms with van der Waals surface area (Å²) >= 11 is 0. The molecule has 2 aromatic rings. The number of methoxy groups -OCH3 is 1. The monoisotopic (exact) mass is 272 g/mol. The molecule has 20 heavy (non-hydrogen) atoms. The van der Waals surface area contributed by atoms with Gasteiger partial charge in [-0.15, -0.1) is 0 Å². The summed E-state index contributed by atoms with van der Waals surface area (Å²) in [5.41, 5.74) is 1.06. The predicted molar refractivity (Wildman–Crippen MR) is 75.0 cm³/mol. The third kappa shape index (κ3) is 2.92. The number of ether oxygens (including phenoxy) is 1. The van der Waals surface area contributed by atoms with Gasteiger partial charge in [-0.2, -0.15) is 0 Å². The zero-order valence-corrected chi connectivity index (χ0v) is 10.7. The van der Waals surface area contributed by atoms with Gasteiger partial charge < -0.3 is 9.84 Å². The van der Waals surface area contributed by atoms with Crippen LogP contribution in [0, 0.1) is 10.1 Å². The molecule has 0 bridgehead atoms. The van der Waals surface area contributed by atoms with Crippen LogP contribution in [0.2, 0.25) is 0 Å². The van der Waals surface area contributed by atoms with E-state index in [-0.39, 0.29) is 11.4 Å². The van der Waals surface area contributed by atoms with Crippen LogP contribution >= 0.6 is 0 Å². The van der Waals surface area contributed by atoms with Gasteiger partial charge in [-0.3, -0.25) is 15.1 Å². The average Bonchev–Trinajstić information content (AvgIpc) is 2.46. The SMILES string of the molecule is COc1cccc(C=Nc2ccc([N+](=O)[O-])cc2)c1O. The first kappa shape index (κ1) is 13.5. The highest BCUT2D eigenvalue weighted by molar-refractivity contribution is 5.86. The average molecular weight is 272 g/mol. The summed E-state index contributed by atoms with van der Waals surface area (Å²) in [6.45, 7) is 0. The van der Waals surface area contributed by atoms with Crippen LogP contribution in [-0.4, -0.2) is 23.4 Å². The molecule has 0 aromatic heterocycles. The van der Waals surface area contributed by atoms with Gasteiger partial charge in [0.05, 0.1) is 17.7 Å². The number of aromatic hydroxyl groups is 1. The van der Waals surface area contributed by atoms with Crippen LogP contribution in [0.25, 0.3) is 0 Å². The van der Waals surface area contributed by atoms with Crippen molar-refractivity contribution in [1.29, 1.82) is 0 Å². The standard InChI is InChI=1S/C14H12N2O4/c1-20-13-4-2-3-10(14(13)17)9-15-11-5-7-12(8-6-11)16(18)19/h2-9,17H,1H3. The fraction of sp³-hybridized carbons (Fsp3) is 0.0714. The molecule has 0 aliphatic carbocycles. The van der Waals surface area contributed by atoms with Gasteiger partial charge in [-0.25, -0.2) is 0 Å². The Balaban J connectivity index is 2.23. The fourth-order valence-corrected chi connectivity index (χ4v) is 1.61. The van der Waals surface area contributed by atoms with Crippen LogP contribution in [0.1, 0.15) is 5.56 Å². The van der Waals surface area contributed by atoms with E-state index in [1.165, 1.54) is 37.6 Å². The zero-order valence-electron chi connectivity index (χ0n) is 10.7. The highest BCUT2D eigenvalue weighted by atomic mass is 16.6. The summed E-state index contributed by atoms with van der Waals surface area (Å²) in [6, 6.07) is 10.9. The Labute approximate surface area is 115 Å². The molecule has 2 aromatic carbocycles. The van der Waals surface area contributed by atoms with E-state index in [1.807, 2.05) is 0 Å². The first-order valence-corrected chi connectivity index (χ1v) is 5.76. The third-order valence-electron chi connectivity index (χ3n) is 2.66. The normalized spacial score (nSPS) is 10.7. The van der Waals surface area contributed by atoms with E-state index in [4.69, 9.17) is 4.74 Å². The lowest BCUT2D eigenvalue weighted by Crippen LogP contribution is -1.88. The number of hydrogen-bond donors (Lipinski definition) is 1. The van der Waals surface area contributed by atoms with Crippen LogP contribution < -0.4 is 4.74 Å². The van der Waals surface area contributed by atoms with Crippen LogP contribution in [-0.2, 0) is 0 Å². The van der Waals surface area contributed by atoms with Gasteiger partial charge in [-0.1, -0.05) is 6.07 Å². The van der Waals surface area contributed by atoms with Crippen LogP contribution in [0.5, 0.6) is 11.5 Å². The van der Waals surface area contributed by atoms with E-state index in [0.717, 1.165) is 0 Å². The maximum atomic E-state index is 10.5. The number of rotatable bonds is 4. The van der Waals surface area contributed by atoms with E-state index in [0.29, 0.717) is 17.0 Å². The maximum Gasteiger partial charge on any atom is 0.269 e. The summed E-state index contributed by atoms with van der Waals surface area (Å²) in [5, 5.41) is 20.4. The number of nitro groups is 1. The lowest BCUT2D eigenvalue weighted by Gasteiger charge is -2.04. The molecule has 102 valence electrons. The van der Waals surface area contributed by atoms with Crippen molar-refractivity contribution in [3.8, 4) is 11.5 Å². The number of nitro benzene ring substituents is 1. The van der Waals surface area contributed by atoms with Gasteiger partial charge in [0, 0.05) is 23.9 Å². The molecule has 0 saturated heterocycles. The molecule has 0 atom stereocenters. The molecule has 0 fully saturated rings. The van der Waals surface area contributed by atoms with Crippen LogP contribution in [0.4, 0.5) is 11.4 Å². The Morgan fingerprint density at radius 2 is 1.95 bits per heavy atom. The molecule has 0 spiro atoms. The van der Waals surface area contributed by atoms with Crippen molar-refractivity contribution in [2.45, 2.75) is 0 Å². The molecule has 0 aliphatic rings. The fourth-order valence-electron chi connectivity index (χ4n) is 1.61. The number of aliphatic imine (C=N–C) groups is 1. The maximum absolute atomic E-state index is 10.5. The van der Waals surface area contributed by atoms with Gasteiger partial charge in [0.15, 0.2) is 11.5 Å². The van der Waals surface area contributed by atoms with Crippen molar-refractivity contribution in [3.63, 3.8) is 0 Å². The Bertz CT molecular complexity index is 651. The highest BCUT2D eigenvalue weighted by Gasteiger charge is 2.05. The van der Waals surface area contributed by atoms with Crippen molar-refractivity contribution in [2.24, 2.45) is 4.99 Å². The predicted octanol–water partition coefficient (Wildman–Crippen LogP) is 3.06. The van der Waals surface area contributed by atoms with E-state index < -0.39 is 4.92 Å². The lowest BCUT2D eigenvalue weighted by molar-refractivity contribution is -0.384. The van der Waals surface area contributed by atoms with E-state index in [9.17, 15) is 15.2 Å². The first-order chi connectivity index (χ1) is 9.61. The number of phenolic OH excluding ortho intramolecular Hbond substituents is 1. The van der Waals surface area contributed by atoms with Gasteiger partial charge in [0.2, 0.25) is 0 Å². The Morgan fingerprint density at radius 3 is 2.55 bits per heavy atom. The van der Waals surface area contributed by atoms with Crippen molar-refractivity contribution in [1.82, 2.24) is 0 Å². The summed E-state index contributed by atoms with van der Waals surface area (Å²) in [5.74, 6) is 0.360. The number of hydrogen-bond acceptors (Lipinski definition) is 5. The van der Waals surface area contributed by atoms with Gasteiger partial charge in [0.1, 0.15) is 0 Å². The number of non-ortho nitro benzene ring substituents is 1. The summed E-state index contributed by atoms with van der Waals surface area (Å²) in [7, 11) is 1.46. The second-order valence-corrected chi connectivity index (χ2v) is 3.93. The minimum atomic E-state index is -0.471. The van der Waals surface area contributed by atoms with Crippen molar-refractivity contribution in [3.05, 3.63) is 58.1 Å². The molecule has 6 heteroatoms. The van der Waals surface area contributed by atoms with Gasteiger partial charge >= 0.3 is 0 Å². The molecule has 0 radical (unpaired) electrons. The highest BCUT2D eigenvalue weighted by Crippen LogP contribution is 2.28. The summed E-state index contributed by atoms with van der Waals surface area (Å²) < 4.78 is 4.99. The smallest absolute Gasteiger partial charge is 0.269 e. The molecule has 0 amide bonds. The van der Waals surface area contributed by atoms with Crippen LogP contribution in [0.15, 0.2) is 47.5 Å². The third-order valence-corrected chi connectivity index (χ3v) is 2.66. The lowest BCUT2D eigenvalue weighted by atomic mass is 10.2. The molecule has 1 N–H and O–H groups in total. The molecule has 0 saturated carbocycles. The van der Waals surface area contributed by atoms with Gasteiger partial charge in [0.25, 0.3) is 5.69 Å². The number of para-hydroxylation sites is 1. The Kier molecular flexibility index (Phi) is 3.95. The number of nitrogens with zero attached hydrogens (tertiary/aromatic N) is 2. The number of phenols is 1. The summed E-state index contributed by atoms with van der Waals surface area (Å²) in [4.78, 5) is 14.2. The van der Waals surface area contributed by atoms with E-state index in [1.54, 1.807) is 18.2 Å². The Morgan fingerprint density at radius 1 is 1.25 bits per heavy atom. The van der Waals surface area contributed by atoms with Crippen molar-refractivity contribution >= 4 is 17.6 Å². The van der Waals surface area contributed by atoms with Crippen LogP contribution in [0.3, 0.4) is 0 Å². The molecule has 0 aliphatic heterocycles. The summed E-state index contributed by atoms with van der Waals surface area (Å²) in [6.07, 6.45) is 1.47. The minimum Gasteiger partial charge on any atom is -0.504 e. The van der Waals surface area contributed by atoms with Crippen molar-refractivity contribution in [2.75, 3.05) is 7.11 Å². The van der Waals surface area contributed by atoms with E-state index in [2.05, 4.69) is 4.99 Å². The van der Waals surface area contributed by atoms with Crippen molar-refractivity contribution < 1.29 is 14.8 Å². The topological polar surface area (TPSA) is 85.0 Å². The molecular weight excluding hydrogens is 260 g/mol. The van der Waals surface area contributed by atoms with E-state index >= 15 is 0 Å². The quantitative estimate of drug-likeness (QED) is 0.526. The first-order valence-electron chi connectivity index (χ1n) is 5.76. The molecule has 6 nitrogen and oxygen atoms in total. The molecule has 0 heterocycles. The second-order valence-electron chi connectivity index (χ2n) is 3.93. The number of benzene rings is 2. The minimum absolute atomic E-state index is 0.000613. The second kappa shape index (κ2) is 5.83.